The van der Waals surface area contributed by atoms with Gasteiger partial charge in [0, 0.05) is 22.3 Å². The summed E-state index contributed by atoms with van der Waals surface area (Å²) < 4.78 is 0. The Morgan fingerprint density at radius 2 is 2.22 bits per heavy atom. The van der Waals surface area contributed by atoms with Crippen molar-refractivity contribution < 1.29 is 4.79 Å². The lowest BCUT2D eigenvalue weighted by Gasteiger charge is -2.13. The van der Waals surface area contributed by atoms with E-state index in [0.29, 0.717) is 16.3 Å². The fourth-order valence-electron chi connectivity index (χ4n) is 1.53. The average Bonchev–Trinajstić information content (AvgIpc) is 2.28. The SMILES string of the molecule is CCSCCC(C)NC(=O)c1cc(N)cc(Cl)c1. The fourth-order valence-corrected chi connectivity index (χ4v) is 2.58. The number of hydrogen-bond acceptors (Lipinski definition) is 3. The minimum absolute atomic E-state index is 0.127. The molecule has 0 aliphatic carbocycles. The Labute approximate surface area is 117 Å². The van der Waals surface area contributed by atoms with Crippen molar-refractivity contribution in [1.29, 1.82) is 0 Å². The Bertz CT molecular complexity index is 392. The fraction of sp³-hybridized carbons (Fsp3) is 0.462. The third kappa shape index (κ3) is 5.19. The Morgan fingerprint density at radius 1 is 1.50 bits per heavy atom. The molecule has 0 heterocycles. The number of rotatable bonds is 6. The molecule has 0 saturated carbocycles. The van der Waals surface area contributed by atoms with Crippen molar-refractivity contribution in [3.05, 3.63) is 28.8 Å². The van der Waals surface area contributed by atoms with Gasteiger partial charge in [-0.15, -0.1) is 0 Å². The van der Waals surface area contributed by atoms with Crippen LogP contribution < -0.4 is 11.1 Å². The van der Waals surface area contributed by atoms with Gasteiger partial charge in [-0.05, 0) is 43.0 Å². The van der Waals surface area contributed by atoms with E-state index in [9.17, 15) is 4.79 Å². The quantitative estimate of drug-likeness (QED) is 0.624. The second kappa shape index (κ2) is 7.54. The molecule has 5 heteroatoms. The molecule has 1 amide bonds. The summed E-state index contributed by atoms with van der Waals surface area (Å²) in [5.74, 6) is 2.03. The first kappa shape index (κ1) is 15.2. The van der Waals surface area contributed by atoms with E-state index in [1.165, 1.54) is 0 Å². The van der Waals surface area contributed by atoms with Gasteiger partial charge in [0.2, 0.25) is 0 Å². The zero-order chi connectivity index (χ0) is 13.5. The van der Waals surface area contributed by atoms with Crippen LogP contribution in [-0.2, 0) is 0 Å². The van der Waals surface area contributed by atoms with Gasteiger partial charge in [0.25, 0.3) is 5.91 Å². The highest BCUT2D eigenvalue weighted by molar-refractivity contribution is 7.99. The van der Waals surface area contributed by atoms with Gasteiger partial charge in [0.1, 0.15) is 0 Å². The number of carbonyl (C=O) groups excluding carboxylic acids is 1. The molecule has 3 N–H and O–H groups in total. The van der Waals surface area contributed by atoms with E-state index in [-0.39, 0.29) is 11.9 Å². The van der Waals surface area contributed by atoms with Crippen molar-refractivity contribution in [2.45, 2.75) is 26.3 Å². The molecule has 1 aromatic rings. The van der Waals surface area contributed by atoms with Crippen LogP contribution in [0.4, 0.5) is 5.69 Å². The second-order valence-corrected chi connectivity index (χ2v) is 5.96. The summed E-state index contributed by atoms with van der Waals surface area (Å²) in [7, 11) is 0. The van der Waals surface area contributed by atoms with Crippen LogP contribution >= 0.6 is 23.4 Å². The van der Waals surface area contributed by atoms with Gasteiger partial charge in [-0.2, -0.15) is 11.8 Å². The number of hydrogen-bond donors (Lipinski definition) is 2. The zero-order valence-corrected chi connectivity index (χ0v) is 12.3. The normalized spacial score (nSPS) is 12.2. The number of carbonyl (C=O) groups is 1. The van der Waals surface area contributed by atoms with Gasteiger partial charge in [-0.25, -0.2) is 0 Å². The maximum absolute atomic E-state index is 12.0. The monoisotopic (exact) mass is 286 g/mol. The van der Waals surface area contributed by atoms with E-state index in [1.807, 2.05) is 18.7 Å². The van der Waals surface area contributed by atoms with Crippen LogP contribution in [0.5, 0.6) is 0 Å². The lowest BCUT2D eigenvalue weighted by atomic mass is 10.1. The lowest BCUT2D eigenvalue weighted by Crippen LogP contribution is -2.33. The largest absolute Gasteiger partial charge is 0.399 e. The Kier molecular flexibility index (Phi) is 6.36. The molecule has 1 atom stereocenters. The molecule has 0 aromatic heterocycles. The molecule has 3 nitrogen and oxygen atoms in total. The Hall–Kier alpha value is -0.870. The van der Waals surface area contributed by atoms with Crippen LogP contribution in [0.3, 0.4) is 0 Å². The molecule has 0 saturated heterocycles. The van der Waals surface area contributed by atoms with Crippen LogP contribution in [0.15, 0.2) is 18.2 Å². The molecule has 0 fully saturated rings. The van der Waals surface area contributed by atoms with Crippen LogP contribution in [0.25, 0.3) is 0 Å². The molecule has 1 aromatic carbocycles. The second-order valence-electron chi connectivity index (χ2n) is 4.13. The van der Waals surface area contributed by atoms with E-state index in [1.54, 1.807) is 18.2 Å². The van der Waals surface area contributed by atoms with E-state index in [2.05, 4.69) is 12.2 Å². The molecular weight excluding hydrogens is 268 g/mol. The summed E-state index contributed by atoms with van der Waals surface area (Å²) in [6.45, 7) is 4.13. The minimum atomic E-state index is -0.127. The standard InChI is InChI=1S/C13H19ClN2OS/c1-3-18-5-4-9(2)16-13(17)10-6-11(14)8-12(15)7-10/h6-9H,3-5,15H2,1-2H3,(H,16,17). The predicted octanol–water partition coefficient (Wildman–Crippen LogP) is 3.18. The summed E-state index contributed by atoms with van der Waals surface area (Å²) in [5.41, 5.74) is 6.67. The number of halogens is 1. The smallest absolute Gasteiger partial charge is 0.251 e. The lowest BCUT2D eigenvalue weighted by molar-refractivity contribution is 0.0939. The highest BCUT2D eigenvalue weighted by Gasteiger charge is 2.10. The van der Waals surface area contributed by atoms with E-state index in [0.717, 1.165) is 17.9 Å². The van der Waals surface area contributed by atoms with E-state index in [4.69, 9.17) is 17.3 Å². The summed E-state index contributed by atoms with van der Waals surface area (Å²) in [5, 5.41) is 3.42. The van der Waals surface area contributed by atoms with Gasteiger partial charge in [-0.3, -0.25) is 4.79 Å². The van der Waals surface area contributed by atoms with Gasteiger partial charge < -0.3 is 11.1 Å². The van der Waals surface area contributed by atoms with Crippen LogP contribution in [-0.4, -0.2) is 23.5 Å². The van der Waals surface area contributed by atoms with Crippen molar-refractivity contribution in [2.75, 3.05) is 17.2 Å². The van der Waals surface area contributed by atoms with Crippen LogP contribution in [0, 0.1) is 0 Å². The van der Waals surface area contributed by atoms with Crippen LogP contribution in [0.2, 0.25) is 5.02 Å². The number of anilines is 1. The summed E-state index contributed by atoms with van der Waals surface area (Å²) in [6.07, 6.45) is 0.959. The molecule has 18 heavy (non-hydrogen) atoms. The average molecular weight is 287 g/mol. The third-order valence-electron chi connectivity index (χ3n) is 2.46. The van der Waals surface area contributed by atoms with E-state index < -0.39 is 0 Å². The van der Waals surface area contributed by atoms with Crippen molar-refractivity contribution in [2.24, 2.45) is 0 Å². The number of benzene rings is 1. The van der Waals surface area contributed by atoms with Crippen LogP contribution in [0.1, 0.15) is 30.6 Å². The highest BCUT2D eigenvalue weighted by Crippen LogP contribution is 2.16. The molecule has 0 radical (unpaired) electrons. The predicted molar refractivity (Wildman–Crippen MR) is 80.4 cm³/mol. The summed E-state index contributed by atoms with van der Waals surface area (Å²) in [6, 6.07) is 5.03. The third-order valence-corrected chi connectivity index (χ3v) is 3.61. The minimum Gasteiger partial charge on any atom is -0.399 e. The molecule has 0 aliphatic rings. The van der Waals surface area contributed by atoms with Gasteiger partial charge in [0.05, 0.1) is 0 Å². The topological polar surface area (TPSA) is 55.1 Å². The first-order valence-corrected chi connectivity index (χ1v) is 7.51. The molecule has 0 aliphatic heterocycles. The molecular formula is C13H19ClN2OS. The Balaban J connectivity index is 2.54. The molecule has 0 spiro atoms. The van der Waals surface area contributed by atoms with Gasteiger partial charge in [-0.1, -0.05) is 18.5 Å². The number of thioether (sulfide) groups is 1. The van der Waals surface area contributed by atoms with Gasteiger partial charge in [0.15, 0.2) is 0 Å². The van der Waals surface area contributed by atoms with Gasteiger partial charge >= 0.3 is 0 Å². The zero-order valence-electron chi connectivity index (χ0n) is 10.7. The maximum atomic E-state index is 12.0. The number of nitrogen functional groups attached to an aromatic ring is 1. The maximum Gasteiger partial charge on any atom is 0.251 e. The molecule has 1 rings (SSSR count). The first-order chi connectivity index (χ1) is 8.52. The molecule has 0 bridgehead atoms. The Morgan fingerprint density at radius 3 is 2.83 bits per heavy atom. The van der Waals surface area contributed by atoms with Crippen molar-refractivity contribution in [3.8, 4) is 0 Å². The molecule has 100 valence electrons. The summed E-state index contributed by atoms with van der Waals surface area (Å²) in [4.78, 5) is 12.0. The number of nitrogens with two attached hydrogens (primary N) is 1. The van der Waals surface area contributed by atoms with Crippen molar-refractivity contribution >= 4 is 35.0 Å². The number of nitrogens with one attached hydrogen (secondary N) is 1. The first-order valence-electron chi connectivity index (χ1n) is 5.97. The van der Waals surface area contributed by atoms with Crippen molar-refractivity contribution in [1.82, 2.24) is 5.32 Å². The highest BCUT2D eigenvalue weighted by atomic mass is 35.5. The number of amides is 1. The van der Waals surface area contributed by atoms with E-state index >= 15 is 0 Å². The summed E-state index contributed by atoms with van der Waals surface area (Å²) >= 11 is 7.74. The van der Waals surface area contributed by atoms with Crippen molar-refractivity contribution in [3.63, 3.8) is 0 Å². The molecule has 1 unspecified atom stereocenters.